The van der Waals surface area contributed by atoms with Crippen molar-refractivity contribution in [1.29, 1.82) is 0 Å². The second-order valence-corrected chi connectivity index (χ2v) is 6.71. The van der Waals surface area contributed by atoms with Crippen LogP contribution >= 0.6 is 15.9 Å². The molecule has 22 heavy (non-hydrogen) atoms. The van der Waals surface area contributed by atoms with Crippen molar-refractivity contribution in [1.82, 2.24) is 0 Å². The number of benzene rings is 1. The number of oxime groups is 1. The lowest BCUT2D eigenvalue weighted by Gasteiger charge is -2.39. The maximum absolute atomic E-state index is 6.02. The first-order chi connectivity index (χ1) is 10.7. The van der Waals surface area contributed by atoms with Gasteiger partial charge in [0.2, 0.25) is 0 Å². The summed E-state index contributed by atoms with van der Waals surface area (Å²) in [7, 11) is 1.71. The molecule has 0 bridgehead atoms. The molecule has 5 heteroatoms. The Morgan fingerprint density at radius 1 is 1.32 bits per heavy atom. The van der Waals surface area contributed by atoms with Crippen LogP contribution < -0.4 is 0 Å². The lowest BCUT2D eigenvalue weighted by Crippen LogP contribution is -2.46. The molecule has 1 aliphatic rings. The van der Waals surface area contributed by atoms with E-state index in [1.54, 1.807) is 7.11 Å². The SMILES string of the molecule is COC1(OC/C(C)=N/OCc2ccccc2)CCCCC1Br. The largest absolute Gasteiger partial charge is 0.391 e. The third-order valence-corrected chi connectivity index (χ3v) is 5.03. The fraction of sp³-hybridized carbons (Fsp3) is 0.588. The Labute approximate surface area is 140 Å². The number of ether oxygens (including phenoxy) is 2. The molecule has 1 fully saturated rings. The second kappa shape index (κ2) is 8.65. The predicted octanol–water partition coefficient (Wildman–Crippen LogP) is 4.28. The van der Waals surface area contributed by atoms with Gasteiger partial charge in [0.25, 0.3) is 0 Å². The highest BCUT2D eigenvalue weighted by Gasteiger charge is 2.40. The molecule has 2 rings (SSSR count). The first kappa shape index (κ1) is 17.4. The first-order valence-electron chi connectivity index (χ1n) is 7.69. The summed E-state index contributed by atoms with van der Waals surface area (Å²) in [5.74, 6) is -0.547. The Balaban J connectivity index is 1.80. The van der Waals surface area contributed by atoms with Crippen LogP contribution in [0, 0.1) is 0 Å². The molecule has 0 heterocycles. The maximum atomic E-state index is 6.02. The van der Waals surface area contributed by atoms with Gasteiger partial charge >= 0.3 is 0 Å². The highest BCUT2D eigenvalue weighted by atomic mass is 79.9. The highest BCUT2D eigenvalue weighted by Crippen LogP contribution is 2.37. The van der Waals surface area contributed by atoms with Crippen LogP contribution in [0.5, 0.6) is 0 Å². The molecule has 0 aromatic heterocycles. The summed E-state index contributed by atoms with van der Waals surface area (Å²) in [4.78, 5) is 5.59. The zero-order chi connectivity index (χ0) is 15.8. The van der Waals surface area contributed by atoms with Crippen molar-refractivity contribution < 1.29 is 14.3 Å². The zero-order valence-corrected chi connectivity index (χ0v) is 14.8. The van der Waals surface area contributed by atoms with Crippen LogP contribution in [0.2, 0.25) is 0 Å². The van der Waals surface area contributed by atoms with Crippen LogP contribution in [0.3, 0.4) is 0 Å². The fourth-order valence-electron chi connectivity index (χ4n) is 2.57. The van der Waals surface area contributed by atoms with Gasteiger partial charge in [-0.25, -0.2) is 0 Å². The molecule has 0 amide bonds. The Morgan fingerprint density at radius 3 is 2.77 bits per heavy atom. The molecule has 122 valence electrons. The maximum Gasteiger partial charge on any atom is 0.180 e. The van der Waals surface area contributed by atoms with Crippen molar-refractivity contribution in [3.8, 4) is 0 Å². The molecular weight excluding hydrogens is 346 g/mol. The topological polar surface area (TPSA) is 40.0 Å². The van der Waals surface area contributed by atoms with Crippen LogP contribution in [0.4, 0.5) is 0 Å². The lowest BCUT2D eigenvalue weighted by atomic mass is 9.94. The van der Waals surface area contributed by atoms with Gasteiger partial charge in [0.05, 0.1) is 17.1 Å². The third-order valence-electron chi connectivity index (χ3n) is 3.88. The van der Waals surface area contributed by atoms with Crippen molar-refractivity contribution in [2.75, 3.05) is 13.7 Å². The van der Waals surface area contributed by atoms with E-state index in [4.69, 9.17) is 14.3 Å². The van der Waals surface area contributed by atoms with E-state index in [9.17, 15) is 0 Å². The molecule has 0 spiro atoms. The quantitative estimate of drug-likeness (QED) is 0.311. The van der Waals surface area contributed by atoms with Crippen molar-refractivity contribution >= 4 is 21.6 Å². The molecule has 0 aliphatic heterocycles. The minimum atomic E-state index is -0.547. The highest BCUT2D eigenvalue weighted by molar-refractivity contribution is 9.09. The number of methoxy groups -OCH3 is 1. The van der Waals surface area contributed by atoms with Gasteiger partial charge < -0.3 is 14.3 Å². The molecule has 4 nitrogen and oxygen atoms in total. The Hall–Kier alpha value is -0.910. The average Bonchev–Trinajstić information content (AvgIpc) is 2.55. The molecular formula is C17H24BrNO3. The summed E-state index contributed by atoms with van der Waals surface area (Å²) in [6, 6.07) is 9.98. The monoisotopic (exact) mass is 369 g/mol. The number of rotatable bonds is 7. The van der Waals surface area contributed by atoms with Gasteiger partial charge in [0.1, 0.15) is 6.61 Å². The van der Waals surface area contributed by atoms with E-state index in [0.29, 0.717) is 13.2 Å². The molecule has 2 atom stereocenters. The number of nitrogens with zero attached hydrogens (tertiary/aromatic N) is 1. The van der Waals surface area contributed by atoms with Gasteiger partial charge in [-0.15, -0.1) is 0 Å². The van der Waals surface area contributed by atoms with E-state index < -0.39 is 5.79 Å². The summed E-state index contributed by atoms with van der Waals surface area (Å²) in [5, 5.41) is 4.12. The van der Waals surface area contributed by atoms with E-state index in [1.807, 2.05) is 37.3 Å². The molecule has 0 N–H and O–H groups in total. The van der Waals surface area contributed by atoms with Gasteiger partial charge in [-0.3, -0.25) is 0 Å². The van der Waals surface area contributed by atoms with E-state index in [2.05, 4.69) is 21.1 Å². The summed E-state index contributed by atoms with van der Waals surface area (Å²) in [6.07, 6.45) is 4.29. The van der Waals surface area contributed by atoms with Crippen molar-refractivity contribution in [2.24, 2.45) is 5.16 Å². The molecule has 1 aromatic carbocycles. The molecule has 1 aromatic rings. The van der Waals surface area contributed by atoms with Crippen molar-refractivity contribution in [3.05, 3.63) is 35.9 Å². The standard InChI is InChI=1S/C17H24BrNO3/c1-14(19-22-13-15-8-4-3-5-9-15)12-21-17(20-2)11-7-6-10-16(17)18/h3-5,8-9,16H,6-7,10-13H2,1-2H3/b19-14+. The number of alkyl halides is 1. The fourth-order valence-corrected chi connectivity index (χ4v) is 3.44. The number of hydrogen-bond donors (Lipinski definition) is 0. The molecule has 0 radical (unpaired) electrons. The van der Waals surface area contributed by atoms with E-state index >= 15 is 0 Å². The lowest BCUT2D eigenvalue weighted by molar-refractivity contribution is -0.224. The van der Waals surface area contributed by atoms with Gasteiger partial charge in [0, 0.05) is 13.5 Å². The summed E-state index contributed by atoms with van der Waals surface area (Å²) in [6.45, 7) is 2.78. The van der Waals surface area contributed by atoms with Crippen molar-refractivity contribution in [2.45, 2.75) is 49.8 Å². The number of halogens is 1. The van der Waals surface area contributed by atoms with Crippen LogP contribution in [0.1, 0.15) is 38.2 Å². The normalized spacial score (nSPS) is 26.0. The molecule has 1 saturated carbocycles. The predicted molar refractivity (Wildman–Crippen MR) is 91.2 cm³/mol. The first-order valence-corrected chi connectivity index (χ1v) is 8.60. The summed E-state index contributed by atoms with van der Waals surface area (Å²) >= 11 is 3.68. The Morgan fingerprint density at radius 2 is 2.09 bits per heavy atom. The second-order valence-electron chi connectivity index (χ2n) is 5.60. The van der Waals surface area contributed by atoms with Gasteiger partial charge in [-0.05, 0) is 25.3 Å². The molecule has 1 aliphatic carbocycles. The smallest absolute Gasteiger partial charge is 0.180 e. The minimum Gasteiger partial charge on any atom is -0.391 e. The van der Waals surface area contributed by atoms with Crippen LogP contribution in [-0.2, 0) is 20.9 Å². The molecule has 2 unspecified atom stereocenters. The summed E-state index contributed by atoms with van der Waals surface area (Å²) < 4.78 is 11.7. The minimum absolute atomic E-state index is 0.219. The number of hydrogen-bond acceptors (Lipinski definition) is 4. The van der Waals surface area contributed by atoms with Crippen LogP contribution in [0.15, 0.2) is 35.5 Å². The Kier molecular flexibility index (Phi) is 6.86. The van der Waals surface area contributed by atoms with Gasteiger partial charge in [-0.1, -0.05) is 57.8 Å². The van der Waals surface area contributed by atoms with Crippen LogP contribution in [-0.4, -0.2) is 30.0 Å². The third kappa shape index (κ3) is 4.80. The van der Waals surface area contributed by atoms with E-state index in [0.717, 1.165) is 30.5 Å². The van der Waals surface area contributed by atoms with Crippen molar-refractivity contribution in [3.63, 3.8) is 0 Å². The summed E-state index contributed by atoms with van der Waals surface area (Å²) in [5.41, 5.74) is 1.90. The Bertz CT molecular complexity index is 480. The zero-order valence-electron chi connectivity index (χ0n) is 13.3. The average molecular weight is 370 g/mol. The van der Waals surface area contributed by atoms with E-state index in [-0.39, 0.29) is 4.83 Å². The van der Waals surface area contributed by atoms with Gasteiger partial charge in [-0.2, -0.15) is 0 Å². The van der Waals surface area contributed by atoms with Crippen LogP contribution in [0.25, 0.3) is 0 Å². The van der Waals surface area contributed by atoms with E-state index in [1.165, 1.54) is 6.42 Å². The van der Waals surface area contributed by atoms with Gasteiger partial charge in [0.15, 0.2) is 5.79 Å². The molecule has 0 saturated heterocycles.